The van der Waals surface area contributed by atoms with Crippen molar-refractivity contribution in [2.45, 2.75) is 52.2 Å². The molecule has 0 saturated carbocycles. The molecule has 0 heterocycles. The fraction of sp³-hybridized carbons (Fsp3) is 0.909. The van der Waals surface area contributed by atoms with Gasteiger partial charge in [-0.05, 0) is 26.7 Å². The molecule has 0 radical (unpaired) electrons. The van der Waals surface area contributed by atoms with Gasteiger partial charge in [-0.2, -0.15) is 0 Å². The molecule has 90 valence electrons. The number of ether oxygens (including phenoxy) is 1. The van der Waals surface area contributed by atoms with Gasteiger partial charge in [-0.15, -0.1) is 0 Å². The van der Waals surface area contributed by atoms with E-state index in [0.717, 1.165) is 19.3 Å². The van der Waals surface area contributed by atoms with E-state index in [0.29, 0.717) is 13.2 Å². The minimum atomic E-state index is -0.360. The van der Waals surface area contributed by atoms with Gasteiger partial charge >= 0.3 is 0 Å². The van der Waals surface area contributed by atoms with Crippen molar-refractivity contribution in [2.75, 3.05) is 13.2 Å². The Balaban J connectivity index is 3.38. The normalized spacial score (nSPS) is 12.9. The van der Waals surface area contributed by atoms with Gasteiger partial charge in [0.1, 0.15) is 0 Å². The van der Waals surface area contributed by atoms with Crippen LogP contribution in [0.25, 0.3) is 0 Å². The van der Waals surface area contributed by atoms with Gasteiger partial charge in [-0.1, -0.05) is 13.3 Å². The lowest BCUT2D eigenvalue weighted by atomic mass is 10.2. The van der Waals surface area contributed by atoms with Gasteiger partial charge in [0.05, 0.1) is 12.1 Å². The van der Waals surface area contributed by atoms with Crippen molar-refractivity contribution in [3.05, 3.63) is 0 Å². The van der Waals surface area contributed by atoms with Gasteiger partial charge in [0.25, 0.3) is 0 Å². The molecule has 0 unspecified atom stereocenters. The Morgan fingerprint density at radius 2 is 2.13 bits per heavy atom. The minimum Gasteiger partial charge on any atom is -0.379 e. The van der Waals surface area contributed by atoms with E-state index in [1.165, 1.54) is 0 Å². The second kappa shape index (κ2) is 8.68. The van der Waals surface area contributed by atoms with E-state index in [1.54, 1.807) is 0 Å². The van der Waals surface area contributed by atoms with Crippen LogP contribution in [0.5, 0.6) is 0 Å². The molecular weight excluding hydrogens is 192 g/mol. The molecule has 4 nitrogen and oxygen atoms in total. The summed E-state index contributed by atoms with van der Waals surface area (Å²) >= 11 is 0. The first-order valence-electron chi connectivity index (χ1n) is 5.72. The predicted octanol–water partition coefficient (Wildman–Crippen LogP) is 1.05. The Kier molecular flexibility index (Phi) is 8.33. The van der Waals surface area contributed by atoms with E-state index in [2.05, 4.69) is 5.32 Å². The molecule has 0 aromatic carbocycles. The molecule has 3 N–H and O–H groups in total. The van der Waals surface area contributed by atoms with Crippen LogP contribution in [-0.4, -0.2) is 31.2 Å². The quantitative estimate of drug-likeness (QED) is 0.596. The summed E-state index contributed by atoms with van der Waals surface area (Å²) in [4.78, 5) is 11.4. The SMILES string of the molecule is CCC[C@H](N)C(=O)NCCCOC(C)C. The maximum Gasteiger partial charge on any atom is 0.236 e. The zero-order valence-corrected chi connectivity index (χ0v) is 10.1. The van der Waals surface area contributed by atoms with Crippen LogP contribution in [0.15, 0.2) is 0 Å². The highest BCUT2D eigenvalue weighted by atomic mass is 16.5. The zero-order chi connectivity index (χ0) is 11.7. The minimum absolute atomic E-state index is 0.0543. The van der Waals surface area contributed by atoms with Gasteiger partial charge in [-0.3, -0.25) is 4.79 Å². The fourth-order valence-electron chi connectivity index (χ4n) is 1.18. The van der Waals surface area contributed by atoms with Gasteiger partial charge in [-0.25, -0.2) is 0 Å². The van der Waals surface area contributed by atoms with Crippen LogP contribution >= 0.6 is 0 Å². The number of nitrogens with one attached hydrogen (secondary N) is 1. The standard InChI is InChI=1S/C11H24N2O2/c1-4-6-10(12)11(14)13-7-5-8-15-9(2)3/h9-10H,4-8,12H2,1-3H3,(H,13,14)/t10-/m0/s1. The van der Waals surface area contributed by atoms with Crippen LogP contribution in [0.4, 0.5) is 0 Å². The first-order valence-corrected chi connectivity index (χ1v) is 5.72. The predicted molar refractivity (Wildman–Crippen MR) is 61.6 cm³/mol. The average molecular weight is 216 g/mol. The largest absolute Gasteiger partial charge is 0.379 e. The van der Waals surface area contributed by atoms with Crippen molar-refractivity contribution < 1.29 is 9.53 Å². The first-order chi connectivity index (χ1) is 7.07. The summed E-state index contributed by atoms with van der Waals surface area (Å²) in [7, 11) is 0. The number of hydrogen-bond donors (Lipinski definition) is 2. The molecule has 0 saturated heterocycles. The molecule has 0 aliphatic rings. The van der Waals surface area contributed by atoms with Crippen molar-refractivity contribution in [2.24, 2.45) is 5.73 Å². The van der Waals surface area contributed by atoms with E-state index in [-0.39, 0.29) is 18.1 Å². The van der Waals surface area contributed by atoms with Gasteiger partial charge in [0.2, 0.25) is 5.91 Å². The number of nitrogens with two attached hydrogens (primary N) is 1. The molecule has 15 heavy (non-hydrogen) atoms. The summed E-state index contributed by atoms with van der Waals surface area (Å²) in [6.07, 6.45) is 2.77. The monoisotopic (exact) mass is 216 g/mol. The molecule has 0 aromatic rings. The molecule has 0 aromatic heterocycles. The molecular formula is C11H24N2O2. The fourth-order valence-corrected chi connectivity index (χ4v) is 1.18. The number of hydrogen-bond acceptors (Lipinski definition) is 3. The van der Waals surface area contributed by atoms with E-state index >= 15 is 0 Å². The highest BCUT2D eigenvalue weighted by Gasteiger charge is 2.10. The lowest BCUT2D eigenvalue weighted by Crippen LogP contribution is -2.41. The Morgan fingerprint density at radius 3 is 2.67 bits per heavy atom. The van der Waals surface area contributed by atoms with Crippen molar-refractivity contribution >= 4 is 5.91 Å². The molecule has 0 fully saturated rings. The Morgan fingerprint density at radius 1 is 1.47 bits per heavy atom. The van der Waals surface area contributed by atoms with Crippen molar-refractivity contribution in [3.8, 4) is 0 Å². The molecule has 0 aliphatic heterocycles. The van der Waals surface area contributed by atoms with E-state index in [4.69, 9.17) is 10.5 Å². The lowest BCUT2D eigenvalue weighted by Gasteiger charge is -2.11. The van der Waals surface area contributed by atoms with Crippen LogP contribution in [0.2, 0.25) is 0 Å². The Hall–Kier alpha value is -0.610. The molecule has 0 rings (SSSR count). The average Bonchev–Trinajstić information content (AvgIpc) is 2.16. The second-order valence-corrected chi connectivity index (χ2v) is 3.96. The highest BCUT2D eigenvalue weighted by Crippen LogP contribution is 1.93. The summed E-state index contributed by atoms with van der Waals surface area (Å²) in [6, 6.07) is -0.360. The maximum atomic E-state index is 11.4. The maximum absolute atomic E-state index is 11.4. The summed E-state index contributed by atoms with van der Waals surface area (Å²) < 4.78 is 5.35. The first kappa shape index (κ1) is 14.4. The van der Waals surface area contributed by atoms with Gasteiger partial charge < -0.3 is 15.8 Å². The molecule has 1 atom stereocenters. The Bertz CT molecular complexity index is 172. The number of amides is 1. The van der Waals surface area contributed by atoms with E-state index in [1.807, 2.05) is 20.8 Å². The third kappa shape index (κ3) is 8.39. The summed E-state index contributed by atoms with van der Waals surface area (Å²) in [6.45, 7) is 7.33. The number of carbonyl (C=O) groups excluding carboxylic acids is 1. The number of carbonyl (C=O) groups is 1. The summed E-state index contributed by atoms with van der Waals surface area (Å²) in [5.74, 6) is -0.0543. The molecule has 0 aliphatic carbocycles. The Labute approximate surface area is 92.6 Å². The summed E-state index contributed by atoms with van der Waals surface area (Å²) in [5.41, 5.74) is 5.65. The van der Waals surface area contributed by atoms with Crippen molar-refractivity contribution in [1.82, 2.24) is 5.32 Å². The topological polar surface area (TPSA) is 64.4 Å². The van der Waals surface area contributed by atoms with Crippen molar-refractivity contribution in [1.29, 1.82) is 0 Å². The van der Waals surface area contributed by atoms with Crippen LogP contribution in [0.3, 0.4) is 0 Å². The third-order valence-corrected chi connectivity index (χ3v) is 2.01. The van der Waals surface area contributed by atoms with Crippen LogP contribution < -0.4 is 11.1 Å². The molecule has 1 amide bonds. The van der Waals surface area contributed by atoms with Crippen LogP contribution in [0.1, 0.15) is 40.0 Å². The van der Waals surface area contributed by atoms with Crippen molar-refractivity contribution in [3.63, 3.8) is 0 Å². The van der Waals surface area contributed by atoms with Gasteiger partial charge in [0, 0.05) is 13.2 Å². The van der Waals surface area contributed by atoms with Crippen LogP contribution in [-0.2, 0) is 9.53 Å². The molecule has 0 spiro atoms. The molecule has 0 bridgehead atoms. The number of rotatable bonds is 8. The molecule has 4 heteroatoms. The summed E-state index contributed by atoms with van der Waals surface area (Å²) in [5, 5.41) is 2.80. The van der Waals surface area contributed by atoms with E-state index in [9.17, 15) is 4.79 Å². The van der Waals surface area contributed by atoms with Gasteiger partial charge in [0.15, 0.2) is 0 Å². The van der Waals surface area contributed by atoms with E-state index < -0.39 is 0 Å². The highest BCUT2D eigenvalue weighted by molar-refractivity contribution is 5.81. The lowest BCUT2D eigenvalue weighted by molar-refractivity contribution is -0.122. The third-order valence-electron chi connectivity index (χ3n) is 2.01. The smallest absolute Gasteiger partial charge is 0.236 e. The second-order valence-electron chi connectivity index (χ2n) is 3.96. The zero-order valence-electron chi connectivity index (χ0n) is 10.1. The van der Waals surface area contributed by atoms with Crippen LogP contribution in [0, 0.1) is 0 Å².